The fraction of sp³-hybridized carbons (Fsp3) is 0.429. The summed E-state index contributed by atoms with van der Waals surface area (Å²) in [6, 6.07) is 3.72. The van der Waals surface area contributed by atoms with E-state index in [1.807, 2.05) is 12.1 Å². The largest absolute Gasteiger partial charge is 0.467 e. The molecule has 0 atom stereocenters. The third kappa shape index (κ3) is 3.27. The molecule has 0 aliphatic carbocycles. The number of aliphatic hydroxyl groups is 1. The lowest BCUT2D eigenvalue weighted by molar-refractivity contribution is 0.164. The molecule has 1 aromatic heterocycles. The van der Waals surface area contributed by atoms with Gasteiger partial charge in [0.2, 0.25) is 0 Å². The van der Waals surface area contributed by atoms with Crippen molar-refractivity contribution < 1.29 is 14.3 Å². The second-order valence-electron chi connectivity index (χ2n) is 1.51. The average molecular weight is 144 g/mol. The molecule has 0 aliphatic heterocycles. The number of ether oxygens (including phenoxy) is 1. The van der Waals surface area contributed by atoms with Gasteiger partial charge < -0.3 is 14.3 Å². The van der Waals surface area contributed by atoms with Crippen molar-refractivity contribution in [3.63, 3.8) is 0 Å². The van der Waals surface area contributed by atoms with Crippen molar-refractivity contribution in [2.75, 3.05) is 14.2 Å². The lowest BCUT2D eigenvalue weighted by Crippen LogP contribution is -1.80. The second kappa shape index (κ2) is 6.32. The Balaban J connectivity index is 0.000000371. The van der Waals surface area contributed by atoms with Crippen LogP contribution in [0.4, 0.5) is 0 Å². The highest BCUT2D eigenvalue weighted by molar-refractivity contribution is 4.95. The minimum Gasteiger partial charge on any atom is -0.467 e. The first-order chi connectivity index (χ1) is 4.93. The van der Waals surface area contributed by atoms with Crippen LogP contribution >= 0.6 is 0 Å². The predicted molar refractivity (Wildman–Crippen MR) is 37.6 cm³/mol. The molecule has 0 aliphatic rings. The molecule has 3 heteroatoms. The summed E-state index contributed by atoms with van der Waals surface area (Å²) in [5.41, 5.74) is 0. The molecule has 1 rings (SSSR count). The molecule has 0 fully saturated rings. The Morgan fingerprint density at radius 2 is 2.30 bits per heavy atom. The van der Waals surface area contributed by atoms with Crippen LogP contribution in [0.1, 0.15) is 5.76 Å². The highest BCUT2D eigenvalue weighted by Crippen LogP contribution is 1.99. The van der Waals surface area contributed by atoms with Gasteiger partial charge in [0.25, 0.3) is 0 Å². The normalized spacial score (nSPS) is 8.30. The van der Waals surface area contributed by atoms with E-state index < -0.39 is 0 Å². The molecule has 0 amide bonds. The summed E-state index contributed by atoms with van der Waals surface area (Å²) in [4.78, 5) is 0. The first-order valence-corrected chi connectivity index (χ1v) is 2.89. The maximum absolute atomic E-state index is 7.00. The van der Waals surface area contributed by atoms with Crippen molar-refractivity contribution >= 4 is 0 Å². The predicted octanol–water partition coefficient (Wildman–Crippen LogP) is 1.03. The van der Waals surface area contributed by atoms with Crippen LogP contribution in [0.2, 0.25) is 0 Å². The van der Waals surface area contributed by atoms with Crippen molar-refractivity contribution in [3.05, 3.63) is 24.2 Å². The molecule has 58 valence electrons. The number of hydrogen-bond acceptors (Lipinski definition) is 3. The van der Waals surface area contributed by atoms with Gasteiger partial charge in [-0.05, 0) is 12.1 Å². The average Bonchev–Trinajstić information content (AvgIpc) is 2.46. The Kier molecular flexibility index (Phi) is 5.82. The Morgan fingerprint density at radius 3 is 2.70 bits per heavy atom. The molecule has 0 bridgehead atoms. The fourth-order valence-electron chi connectivity index (χ4n) is 0.537. The number of furan rings is 1. The van der Waals surface area contributed by atoms with Crippen LogP contribution in [0.15, 0.2) is 22.8 Å². The molecule has 0 radical (unpaired) electrons. The van der Waals surface area contributed by atoms with Crippen molar-refractivity contribution in [2.45, 2.75) is 6.61 Å². The lowest BCUT2D eigenvalue weighted by atomic mass is 10.5. The van der Waals surface area contributed by atoms with Crippen LogP contribution in [0.5, 0.6) is 0 Å². The summed E-state index contributed by atoms with van der Waals surface area (Å²) in [6.07, 6.45) is 1.63. The van der Waals surface area contributed by atoms with Crippen LogP contribution in [0, 0.1) is 0 Å². The Morgan fingerprint density at radius 1 is 1.60 bits per heavy atom. The Bertz CT molecular complexity index is 135. The summed E-state index contributed by atoms with van der Waals surface area (Å²) in [7, 11) is 2.64. The fourth-order valence-corrected chi connectivity index (χ4v) is 0.537. The van der Waals surface area contributed by atoms with Gasteiger partial charge in [0.05, 0.1) is 6.26 Å². The third-order valence-corrected chi connectivity index (χ3v) is 0.867. The molecule has 0 aromatic carbocycles. The van der Waals surface area contributed by atoms with Crippen molar-refractivity contribution in [2.24, 2.45) is 0 Å². The van der Waals surface area contributed by atoms with Crippen LogP contribution in [0.3, 0.4) is 0 Å². The van der Waals surface area contributed by atoms with E-state index in [1.165, 1.54) is 0 Å². The van der Waals surface area contributed by atoms with Gasteiger partial charge in [-0.3, -0.25) is 0 Å². The molecule has 1 N–H and O–H groups in total. The molecular formula is C7H12O3. The zero-order valence-electron chi connectivity index (χ0n) is 6.20. The monoisotopic (exact) mass is 144 g/mol. The van der Waals surface area contributed by atoms with Crippen molar-refractivity contribution in [1.29, 1.82) is 0 Å². The maximum Gasteiger partial charge on any atom is 0.129 e. The van der Waals surface area contributed by atoms with E-state index in [4.69, 9.17) is 14.3 Å². The summed E-state index contributed by atoms with van der Waals surface area (Å²) in [6.45, 7) is 0.562. The summed E-state index contributed by atoms with van der Waals surface area (Å²) < 4.78 is 9.74. The minimum atomic E-state index is 0.562. The Hall–Kier alpha value is -0.800. The molecule has 3 nitrogen and oxygen atoms in total. The molecule has 0 unspecified atom stereocenters. The van der Waals surface area contributed by atoms with E-state index in [-0.39, 0.29) is 0 Å². The molecule has 0 saturated carbocycles. The Labute approximate surface area is 60.2 Å². The lowest BCUT2D eigenvalue weighted by Gasteiger charge is -1.88. The van der Waals surface area contributed by atoms with Gasteiger partial charge in [0.15, 0.2) is 0 Å². The van der Waals surface area contributed by atoms with Crippen LogP contribution in [0.25, 0.3) is 0 Å². The van der Waals surface area contributed by atoms with E-state index in [0.717, 1.165) is 12.9 Å². The molecule has 1 aromatic rings. The van der Waals surface area contributed by atoms with E-state index in [1.54, 1.807) is 13.4 Å². The third-order valence-electron chi connectivity index (χ3n) is 0.867. The number of rotatable bonds is 2. The standard InChI is InChI=1S/C6H8O2.CH4O/c1-7-5-6-3-2-4-8-6;1-2/h2-4H,5H2,1H3;2H,1H3. The SMILES string of the molecule is CO.COCc1ccco1. The quantitative estimate of drug-likeness (QED) is 0.674. The van der Waals surface area contributed by atoms with E-state index in [9.17, 15) is 0 Å². The first kappa shape index (κ1) is 9.20. The van der Waals surface area contributed by atoms with Crippen LogP contribution in [-0.2, 0) is 11.3 Å². The van der Waals surface area contributed by atoms with Gasteiger partial charge in [0, 0.05) is 14.2 Å². The highest BCUT2D eigenvalue weighted by atomic mass is 16.5. The summed E-state index contributed by atoms with van der Waals surface area (Å²) in [5.74, 6) is 0.868. The zero-order chi connectivity index (χ0) is 7.82. The molecular weight excluding hydrogens is 132 g/mol. The van der Waals surface area contributed by atoms with Gasteiger partial charge in [0.1, 0.15) is 12.4 Å². The van der Waals surface area contributed by atoms with Crippen LogP contribution in [-0.4, -0.2) is 19.3 Å². The zero-order valence-corrected chi connectivity index (χ0v) is 6.20. The van der Waals surface area contributed by atoms with Crippen molar-refractivity contribution in [3.8, 4) is 0 Å². The summed E-state index contributed by atoms with van der Waals surface area (Å²) in [5, 5.41) is 7.00. The van der Waals surface area contributed by atoms with Gasteiger partial charge in [-0.15, -0.1) is 0 Å². The topological polar surface area (TPSA) is 42.6 Å². The van der Waals surface area contributed by atoms with Crippen molar-refractivity contribution in [1.82, 2.24) is 0 Å². The van der Waals surface area contributed by atoms with Gasteiger partial charge in [-0.1, -0.05) is 0 Å². The molecule has 0 saturated heterocycles. The molecule has 0 spiro atoms. The molecule has 10 heavy (non-hydrogen) atoms. The smallest absolute Gasteiger partial charge is 0.129 e. The number of aliphatic hydroxyl groups excluding tert-OH is 1. The minimum absolute atomic E-state index is 0.562. The second-order valence-corrected chi connectivity index (χ2v) is 1.51. The maximum atomic E-state index is 7.00. The van der Waals surface area contributed by atoms with Crippen LogP contribution < -0.4 is 0 Å². The molecule has 1 heterocycles. The van der Waals surface area contributed by atoms with E-state index >= 15 is 0 Å². The highest BCUT2D eigenvalue weighted by Gasteiger charge is 1.89. The first-order valence-electron chi connectivity index (χ1n) is 2.89. The number of methoxy groups -OCH3 is 1. The van der Waals surface area contributed by atoms with Gasteiger partial charge in [-0.2, -0.15) is 0 Å². The van der Waals surface area contributed by atoms with E-state index in [0.29, 0.717) is 6.61 Å². The van der Waals surface area contributed by atoms with E-state index in [2.05, 4.69) is 0 Å². The number of hydrogen-bond donors (Lipinski definition) is 1. The summed E-state index contributed by atoms with van der Waals surface area (Å²) >= 11 is 0. The van der Waals surface area contributed by atoms with Gasteiger partial charge in [-0.25, -0.2) is 0 Å². The van der Waals surface area contributed by atoms with Gasteiger partial charge >= 0.3 is 0 Å².